The van der Waals surface area contributed by atoms with Crippen molar-refractivity contribution in [1.29, 1.82) is 0 Å². The van der Waals surface area contributed by atoms with Gasteiger partial charge in [-0.15, -0.1) is 0 Å². The number of nitrogens with zero attached hydrogens (tertiary/aromatic N) is 2. The SMILES string of the molecule is CCn1nc(C)cc1C(=O)Nc1ccc(OC)c(NC(=O)c2ccccc2)c1. The highest BCUT2D eigenvalue weighted by atomic mass is 16.5. The van der Waals surface area contributed by atoms with Crippen molar-refractivity contribution in [1.82, 2.24) is 9.78 Å². The Balaban J connectivity index is 1.82. The molecule has 2 aromatic carbocycles. The van der Waals surface area contributed by atoms with E-state index >= 15 is 0 Å². The molecule has 1 heterocycles. The summed E-state index contributed by atoms with van der Waals surface area (Å²) in [5.41, 5.74) is 2.79. The second-order valence-electron chi connectivity index (χ2n) is 6.18. The summed E-state index contributed by atoms with van der Waals surface area (Å²) < 4.78 is 6.97. The Labute approximate surface area is 163 Å². The van der Waals surface area contributed by atoms with Gasteiger partial charge in [0.1, 0.15) is 11.4 Å². The quantitative estimate of drug-likeness (QED) is 0.684. The Morgan fingerprint density at radius 3 is 2.46 bits per heavy atom. The van der Waals surface area contributed by atoms with Crippen molar-refractivity contribution in [3.05, 3.63) is 71.5 Å². The molecule has 3 aromatic rings. The monoisotopic (exact) mass is 378 g/mol. The van der Waals surface area contributed by atoms with Crippen LogP contribution in [0.3, 0.4) is 0 Å². The van der Waals surface area contributed by atoms with Crippen LogP contribution in [-0.4, -0.2) is 28.7 Å². The summed E-state index contributed by atoms with van der Waals surface area (Å²) in [6.07, 6.45) is 0. The number of nitrogens with one attached hydrogen (secondary N) is 2. The normalized spacial score (nSPS) is 10.4. The zero-order valence-electron chi connectivity index (χ0n) is 16.0. The molecule has 0 aliphatic heterocycles. The molecule has 7 nitrogen and oxygen atoms in total. The lowest BCUT2D eigenvalue weighted by molar-refractivity contribution is 0.101. The van der Waals surface area contributed by atoms with E-state index in [1.54, 1.807) is 53.2 Å². The van der Waals surface area contributed by atoms with Gasteiger partial charge in [-0.25, -0.2) is 0 Å². The molecule has 0 aliphatic rings. The number of methoxy groups -OCH3 is 1. The lowest BCUT2D eigenvalue weighted by Gasteiger charge is -2.13. The first-order valence-corrected chi connectivity index (χ1v) is 8.92. The fourth-order valence-electron chi connectivity index (χ4n) is 2.83. The predicted octanol–water partition coefficient (Wildman–Crippen LogP) is 3.72. The van der Waals surface area contributed by atoms with Crippen molar-refractivity contribution in [3.8, 4) is 5.75 Å². The van der Waals surface area contributed by atoms with Gasteiger partial charge in [0.25, 0.3) is 11.8 Å². The summed E-state index contributed by atoms with van der Waals surface area (Å²) in [5, 5.41) is 9.96. The van der Waals surface area contributed by atoms with Gasteiger partial charge in [-0.05, 0) is 50.2 Å². The molecular weight excluding hydrogens is 356 g/mol. The van der Waals surface area contributed by atoms with Gasteiger partial charge in [-0.3, -0.25) is 14.3 Å². The zero-order chi connectivity index (χ0) is 20.1. The van der Waals surface area contributed by atoms with Crippen LogP contribution < -0.4 is 15.4 Å². The largest absolute Gasteiger partial charge is 0.495 e. The van der Waals surface area contributed by atoms with Crippen LogP contribution >= 0.6 is 0 Å². The van der Waals surface area contributed by atoms with Gasteiger partial charge < -0.3 is 15.4 Å². The number of amides is 2. The molecule has 0 atom stereocenters. The van der Waals surface area contributed by atoms with E-state index in [9.17, 15) is 9.59 Å². The minimum Gasteiger partial charge on any atom is -0.495 e. The van der Waals surface area contributed by atoms with Gasteiger partial charge in [-0.1, -0.05) is 18.2 Å². The Hall–Kier alpha value is -3.61. The van der Waals surface area contributed by atoms with Gasteiger partial charge in [0.2, 0.25) is 0 Å². The third-order valence-corrected chi connectivity index (χ3v) is 4.18. The number of carbonyl (C=O) groups excluding carboxylic acids is 2. The zero-order valence-corrected chi connectivity index (χ0v) is 16.0. The van der Waals surface area contributed by atoms with Crippen LogP contribution in [0, 0.1) is 6.92 Å². The Kier molecular flexibility index (Phi) is 5.74. The van der Waals surface area contributed by atoms with Crippen LogP contribution in [0.5, 0.6) is 5.75 Å². The number of ether oxygens (including phenoxy) is 1. The van der Waals surface area contributed by atoms with Crippen molar-refractivity contribution in [3.63, 3.8) is 0 Å². The van der Waals surface area contributed by atoms with E-state index in [1.807, 2.05) is 19.9 Å². The number of hydrogen-bond donors (Lipinski definition) is 2. The molecule has 0 unspecified atom stereocenters. The number of rotatable bonds is 6. The van der Waals surface area contributed by atoms with E-state index in [4.69, 9.17) is 4.74 Å². The summed E-state index contributed by atoms with van der Waals surface area (Å²) in [4.78, 5) is 25.1. The van der Waals surface area contributed by atoms with E-state index in [0.29, 0.717) is 34.9 Å². The standard InChI is InChI=1S/C21H22N4O3/c1-4-25-18(12-14(2)24-25)21(27)22-16-10-11-19(28-3)17(13-16)23-20(26)15-8-6-5-7-9-15/h5-13H,4H2,1-3H3,(H,22,27)(H,23,26). The summed E-state index contributed by atoms with van der Waals surface area (Å²) in [7, 11) is 1.52. The second kappa shape index (κ2) is 8.39. The van der Waals surface area contributed by atoms with E-state index < -0.39 is 0 Å². The number of benzene rings is 2. The van der Waals surface area contributed by atoms with Crippen LogP contribution in [0.15, 0.2) is 54.6 Å². The molecule has 144 valence electrons. The van der Waals surface area contributed by atoms with E-state index in [-0.39, 0.29) is 11.8 Å². The van der Waals surface area contributed by atoms with Crippen molar-refractivity contribution < 1.29 is 14.3 Å². The second-order valence-corrected chi connectivity index (χ2v) is 6.18. The molecule has 0 saturated heterocycles. The van der Waals surface area contributed by atoms with E-state index in [2.05, 4.69) is 15.7 Å². The van der Waals surface area contributed by atoms with Gasteiger partial charge in [-0.2, -0.15) is 5.10 Å². The van der Waals surface area contributed by atoms with E-state index in [0.717, 1.165) is 5.69 Å². The predicted molar refractivity (Wildman–Crippen MR) is 108 cm³/mol. The molecule has 0 saturated carbocycles. The third kappa shape index (κ3) is 4.20. The molecule has 2 amide bonds. The van der Waals surface area contributed by atoms with Crippen molar-refractivity contribution in [2.24, 2.45) is 0 Å². The Morgan fingerprint density at radius 1 is 1.04 bits per heavy atom. The first-order valence-electron chi connectivity index (χ1n) is 8.92. The number of aryl methyl sites for hydroxylation is 2. The lowest BCUT2D eigenvalue weighted by Crippen LogP contribution is -2.18. The average Bonchev–Trinajstić information content (AvgIpc) is 3.10. The molecule has 0 fully saturated rings. The minimum atomic E-state index is -0.270. The summed E-state index contributed by atoms with van der Waals surface area (Å²) in [6.45, 7) is 4.36. The topological polar surface area (TPSA) is 85.2 Å². The lowest BCUT2D eigenvalue weighted by atomic mass is 10.2. The fourth-order valence-corrected chi connectivity index (χ4v) is 2.83. The first kappa shape index (κ1) is 19.2. The molecular formula is C21H22N4O3. The van der Waals surface area contributed by atoms with Crippen LogP contribution in [0.2, 0.25) is 0 Å². The molecule has 2 N–H and O–H groups in total. The molecule has 1 aromatic heterocycles. The van der Waals surface area contributed by atoms with Gasteiger partial charge >= 0.3 is 0 Å². The highest BCUT2D eigenvalue weighted by molar-refractivity contribution is 6.06. The summed E-state index contributed by atoms with van der Waals surface area (Å²) in [5.74, 6) is -0.0354. The molecule has 0 spiro atoms. The number of aromatic nitrogens is 2. The molecule has 0 aliphatic carbocycles. The van der Waals surface area contributed by atoms with E-state index in [1.165, 1.54) is 7.11 Å². The maximum absolute atomic E-state index is 12.6. The third-order valence-electron chi connectivity index (χ3n) is 4.18. The maximum Gasteiger partial charge on any atom is 0.273 e. The van der Waals surface area contributed by atoms with Crippen LogP contribution in [0.1, 0.15) is 33.5 Å². The molecule has 28 heavy (non-hydrogen) atoms. The highest BCUT2D eigenvalue weighted by Crippen LogP contribution is 2.28. The first-order chi connectivity index (χ1) is 13.5. The van der Waals surface area contributed by atoms with Gasteiger partial charge in [0.15, 0.2) is 0 Å². The smallest absolute Gasteiger partial charge is 0.273 e. The highest BCUT2D eigenvalue weighted by Gasteiger charge is 2.15. The Morgan fingerprint density at radius 2 is 1.79 bits per heavy atom. The van der Waals surface area contributed by atoms with Crippen LogP contribution in [0.4, 0.5) is 11.4 Å². The molecule has 0 radical (unpaired) electrons. The van der Waals surface area contributed by atoms with Gasteiger partial charge in [0.05, 0.1) is 18.5 Å². The Bertz CT molecular complexity index is 996. The average molecular weight is 378 g/mol. The number of hydrogen-bond acceptors (Lipinski definition) is 4. The maximum atomic E-state index is 12.6. The van der Waals surface area contributed by atoms with Crippen molar-refractivity contribution >= 4 is 23.2 Å². The molecule has 0 bridgehead atoms. The van der Waals surface area contributed by atoms with Crippen LogP contribution in [0.25, 0.3) is 0 Å². The van der Waals surface area contributed by atoms with Crippen molar-refractivity contribution in [2.45, 2.75) is 20.4 Å². The number of carbonyl (C=O) groups is 2. The minimum absolute atomic E-state index is 0.262. The molecule has 3 rings (SSSR count). The van der Waals surface area contributed by atoms with Crippen molar-refractivity contribution in [2.75, 3.05) is 17.7 Å². The summed E-state index contributed by atoms with van der Waals surface area (Å²) >= 11 is 0. The fraction of sp³-hybridized carbons (Fsp3) is 0.190. The number of anilines is 2. The summed E-state index contributed by atoms with van der Waals surface area (Å²) in [6, 6.07) is 15.7. The molecule has 7 heteroatoms. The van der Waals surface area contributed by atoms with Gasteiger partial charge in [0, 0.05) is 17.8 Å². The van der Waals surface area contributed by atoms with Crippen LogP contribution in [-0.2, 0) is 6.54 Å².